The molecule has 0 radical (unpaired) electrons. The van der Waals surface area contributed by atoms with Crippen LogP contribution in [0.25, 0.3) is 22.2 Å². The summed E-state index contributed by atoms with van der Waals surface area (Å²) in [6.45, 7) is 4.16. The normalized spacial score (nSPS) is 11.3. The lowest BCUT2D eigenvalue weighted by Crippen LogP contribution is -2.01. The monoisotopic (exact) mass is 311 g/mol. The maximum absolute atomic E-state index is 14.2. The van der Waals surface area contributed by atoms with Crippen molar-refractivity contribution in [3.8, 4) is 11.3 Å². The molecule has 3 nitrogen and oxygen atoms in total. The molecule has 0 bridgehead atoms. The topological polar surface area (TPSA) is 53.1 Å². The first-order valence-corrected chi connectivity index (χ1v) is 7.59. The minimum atomic E-state index is -0.932. The molecule has 0 amide bonds. The molecule has 2 aromatic carbocycles. The molecule has 1 heterocycles. The average molecular weight is 311 g/mol. The SMILES string of the molecule is CC(C)c1cccc2c(CC(=O)O)c(-c3ccccc3F)[nH]c12. The van der Waals surface area contributed by atoms with Crippen molar-refractivity contribution >= 4 is 16.9 Å². The molecule has 0 saturated carbocycles. The van der Waals surface area contributed by atoms with E-state index in [1.807, 2.05) is 18.2 Å². The lowest BCUT2D eigenvalue weighted by molar-refractivity contribution is -0.136. The van der Waals surface area contributed by atoms with Crippen molar-refractivity contribution in [2.75, 3.05) is 0 Å². The molecule has 3 aromatic rings. The number of rotatable bonds is 4. The minimum Gasteiger partial charge on any atom is -0.481 e. The number of hydrogen-bond acceptors (Lipinski definition) is 1. The van der Waals surface area contributed by atoms with Gasteiger partial charge in [-0.3, -0.25) is 4.79 Å². The van der Waals surface area contributed by atoms with Crippen LogP contribution in [-0.4, -0.2) is 16.1 Å². The number of hydrogen-bond donors (Lipinski definition) is 2. The minimum absolute atomic E-state index is 0.148. The second-order valence-corrected chi connectivity index (χ2v) is 5.95. The van der Waals surface area contributed by atoms with Crippen LogP contribution >= 0.6 is 0 Å². The molecular weight excluding hydrogens is 293 g/mol. The van der Waals surface area contributed by atoms with Gasteiger partial charge in [-0.05, 0) is 29.2 Å². The van der Waals surface area contributed by atoms with E-state index in [1.165, 1.54) is 6.07 Å². The number of fused-ring (bicyclic) bond motifs is 1. The second kappa shape index (κ2) is 5.88. The highest BCUT2D eigenvalue weighted by atomic mass is 19.1. The highest BCUT2D eigenvalue weighted by Gasteiger charge is 2.20. The number of aliphatic carboxylic acids is 1. The molecule has 2 N–H and O–H groups in total. The van der Waals surface area contributed by atoms with Gasteiger partial charge in [0.15, 0.2) is 0 Å². The summed E-state index contributed by atoms with van der Waals surface area (Å²) in [5, 5.41) is 10.1. The first kappa shape index (κ1) is 15.3. The molecule has 0 saturated heterocycles. The van der Waals surface area contributed by atoms with E-state index in [4.69, 9.17) is 0 Å². The maximum atomic E-state index is 14.2. The van der Waals surface area contributed by atoms with E-state index in [9.17, 15) is 14.3 Å². The fraction of sp³-hybridized carbons (Fsp3) is 0.211. The van der Waals surface area contributed by atoms with Crippen LogP contribution in [0.5, 0.6) is 0 Å². The van der Waals surface area contributed by atoms with E-state index >= 15 is 0 Å². The molecule has 118 valence electrons. The standard InChI is InChI=1S/C19H18FNO2/c1-11(2)12-7-5-8-13-15(10-17(22)23)19(21-18(12)13)14-6-3-4-9-16(14)20/h3-9,11,21H,10H2,1-2H3,(H,22,23). The Morgan fingerprint density at radius 2 is 1.91 bits per heavy atom. The summed E-state index contributed by atoms with van der Waals surface area (Å²) in [5.74, 6) is -1.02. The van der Waals surface area contributed by atoms with Crippen LogP contribution in [0.3, 0.4) is 0 Å². The predicted molar refractivity (Wildman–Crippen MR) is 89.1 cm³/mol. The zero-order valence-corrected chi connectivity index (χ0v) is 13.1. The van der Waals surface area contributed by atoms with E-state index in [0.29, 0.717) is 16.8 Å². The molecule has 0 spiro atoms. The van der Waals surface area contributed by atoms with Crippen molar-refractivity contribution in [2.45, 2.75) is 26.2 Å². The van der Waals surface area contributed by atoms with Gasteiger partial charge in [-0.2, -0.15) is 0 Å². The third kappa shape index (κ3) is 2.72. The molecule has 0 unspecified atom stereocenters. The molecule has 1 aromatic heterocycles. The average Bonchev–Trinajstić information content (AvgIpc) is 2.85. The first-order chi connectivity index (χ1) is 11.0. The third-order valence-electron chi connectivity index (χ3n) is 4.07. The molecule has 3 rings (SSSR count). The zero-order chi connectivity index (χ0) is 16.6. The van der Waals surface area contributed by atoms with Crippen molar-refractivity contribution in [1.82, 2.24) is 4.98 Å². The number of H-pyrrole nitrogens is 1. The number of nitrogens with one attached hydrogen (secondary N) is 1. The van der Waals surface area contributed by atoms with Gasteiger partial charge in [0.2, 0.25) is 0 Å². The number of halogens is 1. The summed E-state index contributed by atoms with van der Waals surface area (Å²) < 4.78 is 14.2. The van der Waals surface area contributed by atoms with E-state index in [2.05, 4.69) is 18.8 Å². The van der Waals surface area contributed by atoms with Crippen LogP contribution in [0.2, 0.25) is 0 Å². The van der Waals surface area contributed by atoms with Gasteiger partial charge in [0, 0.05) is 16.5 Å². The quantitative estimate of drug-likeness (QED) is 0.732. The molecule has 0 aliphatic rings. The highest BCUT2D eigenvalue weighted by molar-refractivity contribution is 5.95. The second-order valence-electron chi connectivity index (χ2n) is 5.95. The van der Waals surface area contributed by atoms with Crippen molar-refractivity contribution in [2.24, 2.45) is 0 Å². The summed E-state index contributed by atoms with van der Waals surface area (Å²) >= 11 is 0. The van der Waals surface area contributed by atoms with Crippen LogP contribution in [0.15, 0.2) is 42.5 Å². The van der Waals surface area contributed by atoms with Crippen LogP contribution in [0.4, 0.5) is 4.39 Å². The Morgan fingerprint density at radius 1 is 1.17 bits per heavy atom. The number of carbonyl (C=O) groups is 1. The number of aromatic amines is 1. The number of benzene rings is 2. The van der Waals surface area contributed by atoms with Gasteiger partial charge in [0.05, 0.1) is 12.1 Å². The van der Waals surface area contributed by atoms with Gasteiger partial charge in [-0.15, -0.1) is 0 Å². The van der Waals surface area contributed by atoms with E-state index in [1.54, 1.807) is 18.2 Å². The fourth-order valence-electron chi connectivity index (χ4n) is 3.01. The Labute approximate surface area is 133 Å². The van der Waals surface area contributed by atoms with Gasteiger partial charge >= 0.3 is 5.97 Å². The summed E-state index contributed by atoms with van der Waals surface area (Å²) in [6.07, 6.45) is -0.148. The van der Waals surface area contributed by atoms with E-state index in [0.717, 1.165) is 16.5 Å². The van der Waals surface area contributed by atoms with Crippen molar-refractivity contribution in [3.63, 3.8) is 0 Å². The summed E-state index contributed by atoms with van der Waals surface area (Å²) in [6, 6.07) is 12.2. The number of carboxylic acid groups (broad SMARTS) is 1. The molecular formula is C19H18FNO2. The zero-order valence-electron chi connectivity index (χ0n) is 13.1. The smallest absolute Gasteiger partial charge is 0.307 e. The Kier molecular flexibility index (Phi) is 3.90. The number of aromatic nitrogens is 1. The van der Waals surface area contributed by atoms with Crippen molar-refractivity contribution < 1.29 is 14.3 Å². The van der Waals surface area contributed by atoms with Gasteiger partial charge < -0.3 is 10.1 Å². The summed E-state index contributed by atoms with van der Waals surface area (Å²) in [7, 11) is 0. The third-order valence-corrected chi connectivity index (χ3v) is 4.07. The summed E-state index contributed by atoms with van der Waals surface area (Å²) in [5.41, 5.74) is 3.55. The molecule has 0 atom stereocenters. The van der Waals surface area contributed by atoms with Crippen LogP contribution in [0, 0.1) is 5.82 Å². The maximum Gasteiger partial charge on any atom is 0.307 e. The van der Waals surface area contributed by atoms with Crippen LogP contribution in [-0.2, 0) is 11.2 Å². The Hall–Kier alpha value is -2.62. The molecule has 0 aliphatic heterocycles. The van der Waals surface area contributed by atoms with Gasteiger partial charge in [-0.1, -0.05) is 44.2 Å². The summed E-state index contributed by atoms with van der Waals surface area (Å²) in [4.78, 5) is 14.6. The largest absolute Gasteiger partial charge is 0.481 e. The number of para-hydroxylation sites is 1. The Balaban J connectivity index is 2.34. The molecule has 0 aliphatic carbocycles. The van der Waals surface area contributed by atoms with Gasteiger partial charge in [-0.25, -0.2) is 4.39 Å². The highest BCUT2D eigenvalue weighted by Crippen LogP contribution is 2.35. The Morgan fingerprint density at radius 3 is 2.57 bits per heavy atom. The fourth-order valence-corrected chi connectivity index (χ4v) is 3.01. The van der Waals surface area contributed by atoms with Crippen LogP contribution in [0.1, 0.15) is 30.9 Å². The predicted octanol–water partition coefficient (Wildman–Crippen LogP) is 4.72. The number of carboxylic acids is 1. The van der Waals surface area contributed by atoms with E-state index in [-0.39, 0.29) is 18.2 Å². The lowest BCUT2D eigenvalue weighted by Gasteiger charge is -2.06. The molecule has 4 heteroatoms. The van der Waals surface area contributed by atoms with Gasteiger partial charge in [0.1, 0.15) is 5.82 Å². The first-order valence-electron chi connectivity index (χ1n) is 7.59. The molecule has 0 fully saturated rings. The van der Waals surface area contributed by atoms with Crippen LogP contribution < -0.4 is 0 Å². The lowest BCUT2D eigenvalue weighted by atomic mass is 9.97. The van der Waals surface area contributed by atoms with Crippen molar-refractivity contribution in [3.05, 3.63) is 59.4 Å². The van der Waals surface area contributed by atoms with Crippen molar-refractivity contribution in [1.29, 1.82) is 0 Å². The van der Waals surface area contributed by atoms with Gasteiger partial charge in [0.25, 0.3) is 0 Å². The molecule has 23 heavy (non-hydrogen) atoms. The van der Waals surface area contributed by atoms with E-state index < -0.39 is 5.97 Å². The Bertz CT molecular complexity index is 880.